The van der Waals surface area contributed by atoms with Crippen LogP contribution in [0.3, 0.4) is 0 Å². The highest BCUT2D eigenvalue weighted by atomic mass is 35.5. The molecule has 110 valence electrons. The van der Waals surface area contributed by atoms with Gasteiger partial charge in [-0.3, -0.25) is 0 Å². The van der Waals surface area contributed by atoms with Gasteiger partial charge in [-0.25, -0.2) is 0 Å². The van der Waals surface area contributed by atoms with Crippen molar-refractivity contribution in [2.45, 2.75) is 29.9 Å². The average molecular weight is 355 g/mol. The van der Waals surface area contributed by atoms with Crippen LogP contribution in [0.1, 0.15) is 32.4 Å². The first-order valence-electron chi connectivity index (χ1n) is 6.82. The third kappa shape index (κ3) is 3.39. The summed E-state index contributed by atoms with van der Waals surface area (Å²) in [6.07, 6.45) is 0. The van der Waals surface area contributed by atoms with Crippen LogP contribution in [0, 0.1) is 13.8 Å². The molecule has 2 aromatic rings. The van der Waals surface area contributed by atoms with Crippen molar-refractivity contribution in [2.24, 2.45) is 0 Å². The van der Waals surface area contributed by atoms with E-state index in [1.165, 1.54) is 27.8 Å². The quantitative estimate of drug-likeness (QED) is 0.552. The molecule has 1 heterocycles. The van der Waals surface area contributed by atoms with E-state index in [4.69, 9.17) is 23.2 Å². The summed E-state index contributed by atoms with van der Waals surface area (Å²) in [5.41, 5.74) is 6.96. The predicted octanol–water partition coefficient (Wildman–Crippen LogP) is 6.79. The van der Waals surface area contributed by atoms with Crippen molar-refractivity contribution in [3.05, 3.63) is 68.2 Å². The first-order chi connectivity index (χ1) is 10.0. The van der Waals surface area contributed by atoms with Crippen LogP contribution in [-0.2, 0) is 11.5 Å². The zero-order valence-electron chi connectivity index (χ0n) is 12.0. The molecule has 0 bridgehead atoms. The second-order valence-corrected chi connectivity index (χ2v) is 8.63. The second kappa shape index (κ2) is 6.45. The maximum atomic E-state index is 6.15. The van der Waals surface area contributed by atoms with E-state index in [1.807, 2.05) is 35.7 Å². The number of hydrogen-bond donors (Lipinski definition) is 0. The van der Waals surface area contributed by atoms with Crippen molar-refractivity contribution in [1.82, 2.24) is 0 Å². The third-order valence-electron chi connectivity index (χ3n) is 3.81. The highest BCUT2D eigenvalue weighted by Gasteiger charge is 2.20. The highest BCUT2D eigenvalue weighted by Crippen LogP contribution is 2.47. The second-order valence-electron chi connectivity index (χ2n) is 5.33. The van der Waals surface area contributed by atoms with Gasteiger partial charge in [-0.05, 0) is 53.8 Å². The number of fused-ring (bicyclic) bond motifs is 1. The molecule has 0 radical (unpaired) electrons. The molecular weight excluding hydrogens is 339 g/mol. The van der Waals surface area contributed by atoms with Crippen LogP contribution in [0.2, 0.25) is 10.0 Å². The summed E-state index contributed by atoms with van der Waals surface area (Å²) in [5.74, 6) is 2.10. The molecule has 0 fully saturated rings. The van der Waals surface area contributed by atoms with Gasteiger partial charge in [0.1, 0.15) is 0 Å². The molecule has 0 N–H and O–H groups in total. The normalized spacial score (nSPS) is 15.6. The summed E-state index contributed by atoms with van der Waals surface area (Å²) in [7, 11) is 0. The lowest BCUT2D eigenvalue weighted by Gasteiger charge is -2.14. The Hall–Kier alpha value is -0.280. The van der Waals surface area contributed by atoms with E-state index in [1.54, 1.807) is 0 Å². The maximum absolute atomic E-state index is 6.15. The van der Waals surface area contributed by atoms with E-state index in [9.17, 15) is 0 Å². The predicted molar refractivity (Wildman–Crippen MR) is 97.7 cm³/mol. The minimum absolute atomic E-state index is 0.410. The summed E-state index contributed by atoms with van der Waals surface area (Å²) >= 11 is 16.1. The molecule has 0 atom stereocenters. The van der Waals surface area contributed by atoms with E-state index in [2.05, 4.69) is 32.0 Å². The van der Waals surface area contributed by atoms with Crippen LogP contribution in [0.25, 0.3) is 0 Å². The molecule has 0 unspecified atom stereocenters. The number of hydrogen-bond acceptors (Lipinski definition) is 2. The number of halogens is 2. The molecule has 0 spiro atoms. The fourth-order valence-electron chi connectivity index (χ4n) is 2.43. The van der Waals surface area contributed by atoms with E-state index in [0.29, 0.717) is 14.6 Å². The largest absolute Gasteiger partial charge is 0.138 e. The third-order valence-corrected chi connectivity index (χ3v) is 7.47. The van der Waals surface area contributed by atoms with Crippen LogP contribution in [0.5, 0.6) is 0 Å². The van der Waals surface area contributed by atoms with Gasteiger partial charge in [-0.2, -0.15) is 0 Å². The standard InChI is InChI=1S/C17H16Cl2S2/c1-10-5-13-8-20-17(21-9-14(13)6-11(10)2)12-3-4-15(18)16(19)7-12/h3-7,17H,8-9H2,1-2H3. The lowest BCUT2D eigenvalue weighted by Crippen LogP contribution is -1.92. The first-order valence-corrected chi connectivity index (χ1v) is 9.67. The molecule has 1 aliphatic heterocycles. The minimum Gasteiger partial charge on any atom is -0.138 e. The van der Waals surface area contributed by atoms with Crippen LogP contribution < -0.4 is 0 Å². The van der Waals surface area contributed by atoms with E-state index >= 15 is 0 Å². The Morgan fingerprint density at radius 2 is 1.43 bits per heavy atom. The lowest BCUT2D eigenvalue weighted by atomic mass is 10.0. The molecule has 0 aliphatic carbocycles. The van der Waals surface area contributed by atoms with Crippen LogP contribution in [0.15, 0.2) is 30.3 Å². The molecule has 0 amide bonds. The topological polar surface area (TPSA) is 0 Å². The summed E-state index contributed by atoms with van der Waals surface area (Å²) in [5, 5.41) is 1.27. The Morgan fingerprint density at radius 1 is 0.857 bits per heavy atom. The van der Waals surface area contributed by atoms with E-state index in [-0.39, 0.29) is 0 Å². The molecule has 0 aromatic heterocycles. The van der Waals surface area contributed by atoms with Gasteiger partial charge in [-0.15, -0.1) is 23.5 Å². The number of thioether (sulfide) groups is 2. The van der Waals surface area contributed by atoms with Gasteiger partial charge < -0.3 is 0 Å². The van der Waals surface area contributed by atoms with Gasteiger partial charge in [0, 0.05) is 11.5 Å². The molecule has 2 aromatic carbocycles. The molecule has 0 nitrogen and oxygen atoms in total. The van der Waals surface area contributed by atoms with Crippen molar-refractivity contribution >= 4 is 46.7 Å². The van der Waals surface area contributed by atoms with Gasteiger partial charge in [0.25, 0.3) is 0 Å². The molecule has 0 saturated heterocycles. The van der Waals surface area contributed by atoms with Crippen molar-refractivity contribution in [2.75, 3.05) is 0 Å². The monoisotopic (exact) mass is 354 g/mol. The van der Waals surface area contributed by atoms with Gasteiger partial charge in [-0.1, -0.05) is 41.4 Å². The van der Waals surface area contributed by atoms with Crippen molar-refractivity contribution in [3.8, 4) is 0 Å². The fourth-order valence-corrected chi connectivity index (χ4v) is 5.41. The summed E-state index contributed by atoms with van der Waals surface area (Å²) in [4.78, 5) is 0. The van der Waals surface area contributed by atoms with Gasteiger partial charge >= 0.3 is 0 Å². The molecule has 21 heavy (non-hydrogen) atoms. The van der Waals surface area contributed by atoms with Crippen molar-refractivity contribution in [1.29, 1.82) is 0 Å². The van der Waals surface area contributed by atoms with Gasteiger partial charge in [0.05, 0.1) is 14.6 Å². The number of benzene rings is 2. The maximum Gasteiger partial charge on any atom is 0.0758 e. The molecule has 4 heteroatoms. The molecular formula is C17H16Cl2S2. The number of rotatable bonds is 1. The van der Waals surface area contributed by atoms with Crippen LogP contribution in [0.4, 0.5) is 0 Å². The van der Waals surface area contributed by atoms with E-state index in [0.717, 1.165) is 11.5 Å². The highest BCUT2D eigenvalue weighted by molar-refractivity contribution is 8.15. The number of aryl methyl sites for hydroxylation is 2. The van der Waals surface area contributed by atoms with Crippen molar-refractivity contribution < 1.29 is 0 Å². The first kappa shape index (κ1) is 15.6. The Bertz CT molecular complexity index is 650. The zero-order valence-corrected chi connectivity index (χ0v) is 15.1. The van der Waals surface area contributed by atoms with Gasteiger partial charge in [0.15, 0.2) is 0 Å². The van der Waals surface area contributed by atoms with E-state index < -0.39 is 0 Å². The average Bonchev–Trinajstić information content (AvgIpc) is 2.65. The summed E-state index contributed by atoms with van der Waals surface area (Å²) < 4.78 is 0.410. The summed E-state index contributed by atoms with van der Waals surface area (Å²) in [6.45, 7) is 4.38. The SMILES string of the molecule is Cc1cc2c(cc1C)CSC(c1ccc(Cl)c(Cl)c1)SC2. The minimum atomic E-state index is 0.410. The zero-order chi connectivity index (χ0) is 15.0. The lowest BCUT2D eigenvalue weighted by molar-refractivity contribution is 1.22. The fraction of sp³-hybridized carbons (Fsp3) is 0.294. The van der Waals surface area contributed by atoms with Crippen molar-refractivity contribution in [3.63, 3.8) is 0 Å². The Morgan fingerprint density at radius 3 is 1.95 bits per heavy atom. The summed E-state index contributed by atoms with van der Waals surface area (Å²) in [6, 6.07) is 10.7. The Kier molecular flexibility index (Phi) is 4.80. The van der Waals surface area contributed by atoms with Crippen LogP contribution >= 0.6 is 46.7 Å². The Labute approximate surface area is 144 Å². The smallest absolute Gasteiger partial charge is 0.0758 e. The molecule has 1 aliphatic rings. The Balaban J connectivity index is 1.85. The molecule has 3 rings (SSSR count). The van der Waals surface area contributed by atoms with Gasteiger partial charge in [0.2, 0.25) is 0 Å². The van der Waals surface area contributed by atoms with Crippen LogP contribution in [-0.4, -0.2) is 0 Å². The molecule has 0 saturated carbocycles.